The van der Waals surface area contributed by atoms with E-state index in [1.165, 1.54) is 16.8 Å². The fourth-order valence-electron chi connectivity index (χ4n) is 1.83. The summed E-state index contributed by atoms with van der Waals surface area (Å²) in [7, 11) is 0. The number of hydrogen-bond donors (Lipinski definition) is 0. The van der Waals surface area contributed by atoms with E-state index in [1.54, 1.807) is 6.21 Å². The van der Waals surface area contributed by atoms with Gasteiger partial charge in [0.25, 0.3) is 5.91 Å². The van der Waals surface area contributed by atoms with Gasteiger partial charge in [-0.05, 0) is 17.7 Å². The fourth-order valence-corrected chi connectivity index (χ4v) is 2.64. The van der Waals surface area contributed by atoms with E-state index >= 15 is 0 Å². The summed E-state index contributed by atoms with van der Waals surface area (Å²) >= 11 is 1.40. The predicted octanol–water partition coefficient (Wildman–Crippen LogP) is 3.28. The summed E-state index contributed by atoms with van der Waals surface area (Å²) in [6, 6.07) is 19.2. The van der Waals surface area contributed by atoms with Gasteiger partial charge in [0, 0.05) is 0 Å². The maximum Gasteiger partial charge on any atom is 0.259 e. The van der Waals surface area contributed by atoms with E-state index in [2.05, 4.69) is 10.1 Å². The summed E-state index contributed by atoms with van der Waals surface area (Å²) < 4.78 is 0. The van der Waals surface area contributed by atoms with Crippen LogP contribution in [0.3, 0.4) is 0 Å². The van der Waals surface area contributed by atoms with Crippen LogP contribution in [0.4, 0.5) is 5.69 Å². The minimum absolute atomic E-state index is 0.0538. The summed E-state index contributed by atoms with van der Waals surface area (Å²) in [6.07, 6.45) is 1.67. The van der Waals surface area contributed by atoms with Crippen LogP contribution in [0.25, 0.3) is 0 Å². The lowest BCUT2D eigenvalue weighted by atomic mass is 10.2. The van der Waals surface area contributed by atoms with E-state index in [-0.39, 0.29) is 5.91 Å². The first-order valence-corrected chi connectivity index (χ1v) is 7.50. The Hall–Kier alpha value is -2.40. The molecule has 1 aliphatic rings. The SMILES string of the molecule is O=C1CSC(=Nc2ccccc2)N1N=Cc1ccccc1. The zero-order chi connectivity index (χ0) is 14.5. The third kappa shape index (κ3) is 3.38. The Bertz CT molecular complexity index is 683. The summed E-state index contributed by atoms with van der Waals surface area (Å²) in [5, 5.41) is 6.23. The van der Waals surface area contributed by atoms with Gasteiger partial charge in [0.2, 0.25) is 0 Å². The van der Waals surface area contributed by atoms with Gasteiger partial charge in [-0.3, -0.25) is 4.79 Å². The molecule has 0 radical (unpaired) electrons. The summed E-state index contributed by atoms with van der Waals surface area (Å²) in [5.74, 6) is 0.319. The van der Waals surface area contributed by atoms with Gasteiger partial charge in [0.1, 0.15) is 0 Å². The van der Waals surface area contributed by atoms with Crippen molar-refractivity contribution in [3.8, 4) is 0 Å². The number of amidine groups is 1. The molecule has 3 rings (SSSR count). The van der Waals surface area contributed by atoms with E-state index in [4.69, 9.17) is 0 Å². The third-order valence-electron chi connectivity index (χ3n) is 2.84. The lowest BCUT2D eigenvalue weighted by molar-refractivity contribution is -0.124. The fraction of sp³-hybridized carbons (Fsp3) is 0.0625. The van der Waals surface area contributed by atoms with Crippen molar-refractivity contribution >= 4 is 34.7 Å². The number of amides is 1. The van der Waals surface area contributed by atoms with Crippen molar-refractivity contribution in [2.24, 2.45) is 10.1 Å². The Balaban J connectivity index is 1.83. The molecule has 0 saturated carbocycles. The maximum atomic E-state index is 11.9. The zero-order valence-electron chi connectivity index (χ0n) is 11.2. The Morgan fingerprint density at radius 3 is 2.38 bits per heavy atom. The van der Waals surface area contributed by atoms with Crippen LogP contribution < -0.4 is 0 Å². The molecule has 0 aromatic heterocycles. The highest BCUT2D eigenvalue weighted by Crippen LogP contribution is 2.23. The molecule has 1 aliphatic heterocycles. The van der Waals surface area contributed by atoms with E-state index < -0.39 is 0 Å². The van der Waals surface area contributed by atoms with Crippen LogP contribution in [0.2, 0.25) is 0 Å². The molecule has 1 saturated heterocycles. The van der Waals surface area contributed by atoms with E-state index in [9.17, 15) is 4.79 Å². The van der Waals surface area contributed by atoms with Crippen molar-refractivity contribution in [1.82, 2.24) is 5.01 Å². The van der Waals surface area contributed by atoms with Crippen molar-refractivity contribution in [2.75, 3.05) is 5.75 Å². The number of hydrogen-bond acceptors (Lipinski definition) is 4. The van der Waals surface area contributed by atoms with Gasteiger partial charge >= 0.3 is 0 Å². The first-order chi connectivity index (χ1) is 10.3. The molecular formula is C16H13N3OS. The van der Waals surface area contributed by atoms with Gasteiger partial charge in [-0.1, -0.05) is 60.3 Å². The van der Waals surface area contributed by atoms with Crippen molar-refractivity contribution in [3.05, 3.63) is 66.2 Å². The molecule has 5 heteroatoms. The quantitative estimate of drug-likeness (QED) is 0.816. The normalized spacial score (nSPS) is 17.0. The molecule has 2 aromatic rings. The Kier molecular flexibility index (Phi) is 4.12. The third-order valence-corrected chi connectivity index (χ3v) is 3.76. The summed E-state index contributed by atoms with van der Waals surface area (Å²) in [6.45, 7) is 0. The number of benzene rings is 2. The van der Waals surface area contributed by atoms with E-state index in [0.717, 1.165) is 11.3 Å². The summed E-state index contributed by atoms with van der Waals surface area (Å²) in [4.78, 5) is 16.4. The van der Waals surface area contributed by atoms with Crippen LogP contribution in [-0.4, -0.2) is 28.1 Å². The second-order valence-corrected chi connectivity index (χ2v) is 5.32. The Morgan fingerprint density at radius 1 is 1.00 bits per heavy atom. The van der Waals surface area contributed by atoms with Crippen molar-refractivity contribution in [2.45, 2.75) is 0 Å². The number of rotatable bonds is 3. The number of hydrazone groups is 1. The van der Waals surface area contributed by atoms with Crippen molar-refractivity contribution in [3.63, 3.8) is 0 Å². The number of para-hydroxylation sites is 1. The van der Waals surface area contributed by atoms with Crippen LogP contribution >= 0.6 is 11.8 Å². The molecule has 0 atom stereocenters. The molecule has 4 nitrogen and oxygen atoms in total. The topological polar surface area (TPSA) is 45.0 Å². The monoisotopic (exact) mass is 295 g/mol. The molecule has 0 N–H and O–H groups in total. The second-order valence-electron chi connectivity index (χ2n) is 4.38. The summed E-state index contributed by atoms with van der Waals surface area (Å²) in [5.41, 5.74) is 1.76. The van der Waals surface area contributed by atoms with Crippen LogP contribution in [0.1, 0.15) is 5.56 Å². The number of aliphatic imine (C=N–C) groups is 1. The van der Waals surface area contributed by atoms with Gasteiger partial charge < -0.3 is 0 Å². The van der Waals surface area contributed by atoms with Gasteiger partial charge in [-0.2, -0.15) is 10.1 Å². The standard InChI is InChI=1S/C16H13N3OS/c20-15-12-21-16(18-14-9-5-2-6-10-14)19(15)17-11-13-7-3-1-4-8-13/h1-11H,12H2. The largest absolute Gasteiger partial charge is 0.271 e. The van der Waals surface area contributed by atoms with E-state index in [0.29, 0.717) is 10.9 Å². The van der Waals surface area contributed by atoms with Crippen molar-refractivity contribution in [1.29, 1.82) is 0 Å². The highest BCUT2D eigenvalue weighted by molar-refractivity contribution is 8.15. The number of nitrogens with zero attached hydrogens (tertiary/aromatic N) is 3. The van der Waals surface area contributed by atoms with Crippen molar-refractivity contribution < 1.29 is 4.79 Å². The van der Waals surface area contributed by atoms with Crippen LogP contribution in [-0.2, 0) is 4.79 Å². The Morgan fingerprint density at radius 2 is 1.67 bits per heavy atom. The Labute approximate surface area is 127 Å². The minimum atomic E-state index is -0.0538. The van der Waals surface area contributed by atoms with Crippen LogP contribution in [0.5, 0.6) is 0 Å². The maximum absolute atomic E-state index is 11.9. The van der Waals surface area contributed by atoms with Crippen LogP contribution in [0.15, 0.2) is 70.8 Å². The average molecular weight is 295 g/mol. The molecule has 0 aliphatic carbocycles. The highest BCUT2D eigenvalue weighted by atomic mass is 32.2. The molecule has 1 fully saturated rings. The molecular weight excluding hydrogens is 282 g/mol. The zero-order valence-corrected chi connectivity index (χ0v) is 12.0. The number of carbonyl (C=O) groups is 1. The second kappa shape index (κ2) is 6.37. The molecule has 1 heterocycles. The number of carbonyl (C=O) groups excluding carboxylic acids is 1. The van der Waals surface area contributed by atoms with Crippen LogP contribution in [0, 0.1) is 0 Å². The first kappa shape index (κ1) is 13.6. The molecule has 0 bridgehead atoms. The average Bonchev–Trinajstić information content (AvgIpc) is 2.87. The lowest BCUT2D eigenvalue weighted by Crippen LogP contribution is -2.23. The highest BCUT2D eigenvalue weighted by Gasteiger charge is 2.27. The molecule has 0 spiro atoms. The first-order valence-electron chi connectivity index (χ1n) is 6.51. The molecule has 1 amide bonds. The minimum Gasteiger partial charge on any atom is -0.271 e. The van der Waals surface area contributed by atoms with Gasteiger partial charge in [-0.25, -0.2) is 4.99 Å². The smallest absolute Gasteiger partial charge is 0.259 e. The molecule has 21 heavy (non-hydrogen) atoms. The van der Waals surface area contributed by atoms with E-state index in [1.807, 2.05) is 60.7 Å². The molecule has 0 unspecified atom stereocenters. The molecule has 104 valence electrons. The van der Waals surface area contributed by atoms with Gasteiger partial charge in [0.15, 0.2) is 5.17 Å². The number of thioether (sulfide) groups is 1. The lowest BCUT2D eigenvalue weighted by Gasteiger charge is -2.08. The molecule has 2 aromatic carbocycles. The van der Waals surface area contributed by atoms with Gasteiger partial charge in [0.05, 0.1) is 17.7 Å². The van der Waals surface area contributed by atoms with Gasteiger partial charge in [-0.15, -0.1) is 0 Å². The predicted molar refractivity (Wildman–Crippen MR) is 86.9 cm³/mol.